The number of carbonyl (C=O) groups excluding carboxylic acids is 1. The van der Waals surface area contributed by atoms with Crippen LogP contribution < -0.4 is 0 Å². The number of carbonyl (C=O) groups is 1. The standard InChI is InChI=1S/C9H8ClIO2/c10-8-3-1-7(2-4-8)9(5-11)13-6-12/h1-4,6,9H,5H2. The normalized spacial score (nSPS) is 12.2. The molecule has 4 heteroatoms. The molecule has 70 valence electrons. The summed E-state index contributed by atoms with van der Waals surface area (Å²) in [6.07, 6.45) is -0.171. The monoisotopic (exact) mass is 310 g/mol. The zero-order valence-electron chi connectivity index (χ0n) is 6.74. The van der Waals surface area contributed by atoms with E-state index in [0.29, 0.717) is 11.5 Å². The number of hydrogen-bond donors (Lipinski definition) is 0. The first kappa shape index (κ1) is 10.8. The van der Waals surface area contributed by atoms with Gasteiger partial charge in [-0.2, -0.15) is 0 Å². The number of halogens is 2. The number of rotatable bonds is 4. The second-order valence-electron chi connectivity index (χ2n) is 2.43. The average Bonchev–Trinajstić information content (AvgIpc) is 2.16. The van der Waals surface area contributed by atoms with Crippen molar-refractivity contribution in [1.82, 2.24) is 0 Å². The molecule has 1 atom stereocenters. The lowest BCUT2D eigenvalue weighted by atomic mass is 10.1. The maximum absolute atomic E-state index is 10.2. The van der Waals surface area contributed by atoms with E-state index >= 15 is 0 Å². The van der Waals surface area contributed by atoms with Crippen LogP contribution in [0.3, 0.4) is 0 Å². The van der Waals surface area contributed by atoms with Crippen LogP contribution in [-0.2, 0) is 9.53 Å². The van der Waals surface area contributed by atoms with Gasteiger partial charge in [-0.25, -0.2) is 0 Å². The van der Waals surface area contributed by atoms with Crippen molar-refractivity contribution in [2.75, 3.05) is 4.43 Å². The van der Waals surface area contributed by atoms with E-state index in [9.17, 15) is 4.79 Å². The van der Waals surface area contributed by atoms with E-state index in [4.69, 9.17) is 16.3 Å². The second kappa shape index (κ2) is 5.44. The quantitative estimate of drug-likeness (QED) is 0.485. The van der Waals surface area contributed by atoms with E-state index in [2.05, 4.69) is 22.6 Å². The van der Waals surface area contributed by atoms with Crippen molar-refractivity contribution in [2.24, 2.45) is 0 Å². The SMILES string of the molecule is O=COC(CI)c1ccc(Cl)cc1. The Balaban J connectivity index is 2.78. The molecule has 2 nitrogen and oxygen atoms in total. The summed E-state index contributed by atoms with van der Waals surface area (Å²) in [6.45, 7) is 0.470. The lowest BCUT2D eigenvalue weighted by Crippen LogP contribution is -2.03. The minimum absolute atomic E-state index is 0.171. The van der Waals surface area contributed by atoms with Crippen molar-refractivity contribution in [1.29, 1.82) is 0 Å². The minimum Gasteiger partial charge on any atom is -0.459 e. The average molecular weight is 311 g/mol. The fraction of sp³-hybridized carbons (Fsp3) is 0.222. The molecule has 1 aromatic rings. The van der Waals surface area contributed by atoms with Crippen LogP contribution >= 0.6 is 34.2 Å². The van der Waals surface area contributed by atoms with Crippen LogP contribution in [0.25, 0.3) is 0 Å². The molecule has 0 fully saturated rings. The van der Waals surface area contributed by atoms with Crippen molar-refractivity contribution in [3.63, 3.8) is 0 Å². The summed E-state index contributed by atoms with van der Waals surface area (Å²) in [5.74, 6) is 0. The van der Waals surface area contributed by atoms with Gasteiger partial charge in [-0.3, -0.25) is 4.79 Å². The largest absolute Gasteiger partial charge is 0.459 e. The molecule has 0 radical (unpaired) electrons. The summed E-state index contributed by atoms with van der Waals surface area (Å²) in [5, 5.41) is 0.682. The molecular formula is C9H8ClIO2. The molecule has 0 saturated heterocycles. The van der Waals surface area contributed by atoms with Crippen molar-refractivity contribution in [3.05, 3.63) is 34.9 Å². The van der Waals surface area contributed by atoms with Gasteiger partial charge in [-0.15, -0.1) is 0 Å². The summed E-state index contributed by atoms with van der Waals surface area (Å²) >= 11 is 7.89. The Bertz CT molecular complexity index is 273. The number of hydrogen-bond acceptors (Lipinski definition) is 2. The van der Waals surface area contributed by atoms with Gasteiger partial charge in [0.25, 0.3) is 6.47 Å². The summed E-state index contributed by atoms with van der Waals surface area (Å²) in [4.78, 5) is 10.2. The molecule has 0 aliphatic carbocycles. The molecule has 0 N–H and O–H groups in total. The zero-order chi connectivity index (χ0) is 9.68. The van der Waals surface area contributed by atoms with Crippen molar-refractivity contribution in [3.8, 4) is 0 Å². The summed E-state index contributed by atoms with van der Waals surface area (Å²) in [5.41, 5.74) is 0.964. The molecule has 1 aromatic carbocycles. The van der Waals surface area contributed by atoms with E-state index in [1.807, 2.05) is 12.1 Å². The van der Waals surface area contributed by atoms with Crippen molar-refractivity contribution in [2.45, 2.75) is 6.10 Å². The van der Waals surface area contributed by atoms with Gasteiger partial charge in [0.2, 0.25) is 0 Å². The fourth-order valence-electron chi connectivity index (χ4n) is 0.949. The molecule has 0 spiro atoms. The van der Waals surface area contributed by atoms with Crippen LogP contribution in [0.15, 0.2) is 24.3 Å². The third-order valence-corrected chi connectivity index (χ3v) is 2.65. The molecule has 13 heavy (non-hydrogen) atoms. The maximum atomic E-state index is 10.2. The van der Waals surface area contributed by atoms with E-state index in [1.54, 1.807) is 12.1 Å². The molecule has 0 heterocycles. The van der Waals surface area contributed by atoms with Crippen molar-refractivity contribution < 1.29 is 9.53 Å². The van der Waals surface area contributed by atoms with E-state index in [-0.39, 0.29) is 6.10 Å². The van der Waals surface area contributed by atoms with Gasteiger partial charge in [0.1, 0.15) is 6.10 Å². The molecule has 0 aliphatic rings. The summed E-state index contributed by atoms with van der Waals surface area (Å²) in [6, 6.07) is 7.28. The Morgan fingerprint density at radius 3 is 2.54 bits per heavy atom. The van der Waals surface area contributed by atoms with E-state index in [0.717, 1.165) is 9.99 Å². The molecule has 0 aromatic heterocycles. The van der Waals surface area contributed by atoms with E-state index < -0.39 is 0 Å². The van der Waals surface area contributed by atoms with Gasteiger partial charge in [-0.1, -0.05) is 46.3 Å². The lowest BCUT2D eigenvalue weighted by molar-refractivity contribution is -0.132. The number of ether oxygens (including phenoxy) is 1. The Labute approximate surface area is 95.4 Å². The molecule has 1 unspecified atom stereocenters. The van der Waals surface area contributed by atoms with Crippen molar-refractivity contribution >= 4 is 40.7 Å². The smallest absolute Gasteiger partial charge is 0.293 e. The van der Waals surface area contributed by atoms with Gasteiger partial charge >= 0.3 is 0 Å². The van der Waals surface area contributed by atoms with Gasteiger partial charge in [0.15, 0.2) is 0 Å². The maximum Gasteiger partial charge on any atom is 0.293 e. The highest BCUT2D eigenvalue weighted by Crippen LogP contribution is 2.20. The predicted octanol–water partition coefficient (Wildman–Crippen LogP) is 2.99. The predicted molar refractivity (Wildman–Crippen MR) is 60.2 cm³/mol. The highest BCUT2D eigenvalue weighted by atomic mass is 127. The second-order valence-corrected chi connectivity index (χ2v) is 3.74. The Morgan fingerprint density at radius 1 is 1.46 bits per heavy atom. The molecule has 0 bridgehead atoms. The molecule has 0 amide bonds. The first-order valence-electron chi connectivity index (χ1n) is 3.68. The highest BCUT2D eigenvalue weighted by molar-refractivity contribution is 14.1. The van der Waals surface area contributed by atoms with Crippen LogP contribution in [0.4, 0.5) is 0 Å². The fourth-order valence-corrected chi connectivity index (χ4v) is 1.79. The van der Waals surface area contributed by atoms with Crippen LogP contribution in [0.2, 0.25) is 5.02 Å². The topological polar surface area (TPSA) is 26.3 Å². The molecule has 0 aliphatic heterocycles. The van der Waals surface area contributed by atoms with Crippen LogP contribution in [0.1, 0.15) is 11.7 Å². The third-order valence-electron chi connectivity index (χ3n) is 1.60. The number of alkyl halides is 1. The van der Waals surface area contributed by atoms with Gasteiger partial charge in [0.05, 0.1) is 0 Å². The third kappa shape index (κ3) is 3.15. The van der Waals surface area contributed by atoms with Crippen LogP contribution in [-0.4, -0.2) is 10.9 Å². The number of benzene rings is 1. The molecule has 1 rings (SSSR count). The zero-order valence-corrected chi connectivity index (χ0v) is 9.66. The Morgan fingerprint density at radius 2 is 2.08 bits per heavy atom. The Hall–Kier alpha value is -0.290. The first-order chi connectivity index (χ1) is 6.27. The molecule has 0 saturated carbocycles. The summed E-state index contributed by atoms with van der Waals surface area (Å²) in [7, 11) is 0. The summed E-state index contributed by atoms with van der Waals surface area (Å²) < 4.78 is 5.62. The molecular weight excluding hydrogens is 302 g/mol. The van der Waals surface area contributed by atoms with Gasteiger partial charge < -0.3 is 4.74 Å². The van der Waals surface area contributed by atoms with Crippen LogP contribution in [0, 0.1) is 0 Å². The highest BCUT2D eigenvalue weighted by Gasteiger charge is 2.09. The Kier molecular flexibility index (Phi) is 4.52. The lowest BCUT2D eigenvalue weighted by Gasteiger charge is -2.11. The first-order valence-corrected chi connectivity index (χ1v) is 5.59. The van der Waals surface area contributed by atoms with Gasteiger partial charge in [-0.05, 0) is 17.7 Å². The van der Waals surface area contributed by atoms with Crippen LogP contribution in [0.5, 0.6) is 0 Å². The van der Waals surface area contributed by atoms with E-state index in [1.165, 1.54) is 0 Å². The minimum atomic E-state index is -0.171. The van der Waals surface area contributed by atoms with Gasteiger partial charge in [0, 0.05) is 9.45 Å².